The van der Waals surface area contributed by atoms with Crippen LogP contribution in [0.1, 0.15) is 38.4 Å². The zero-order valence-corrected chi connectivity index (χ0v) is 18.8. The standard InChI is InChI=1S/C23H24BrN3O2/c1-14-6-11-21(15(2)12-14)27-16(3)20(22(24)17(27)4)13-25-26-23(28)18-7-9-19(29-5)10-8-18/h6-13H,1-5H3,(H,26,28)/b25-13-. The first-order valence-electron chi connectivity index (χ1n) is 9.26. The normalized spacial score (nSPS) is 11.1. The van der Waals surface area contributed by atoms with Crippen molar-refractivity contribution in [3.63, 3.8) is 0 Å². The number of halogens is 1. The highest BCUT2D eigenvalue weighted by atomic mass is 79.9. The predicted molar refractivity (Wildman–Crippen MR) is 120 cm³/mol. The molecular formula is C23H24BrN3O2. The average molecular weight is 454 g/mol. The molecule has 6 heteroatoms. The number of ether oxygens (including phenoxy) is 1. The van der Waals surface area contributed by atoms with E-state index in [1.54, 1.807) is 37.6 Å². The summed E-state index contributed by atoms with van der Waals surface area (Å²) in [5.74, 6) is 0.427. The largest absolute Gasteiger partial charge is 0.497 e. The molecule has 0 atom stereocenters. The third kappa shape index (κ3) is 4.27. The lowest BCUT2D eigenvalue weighted by atomic mass is 10.1. The predicted octanol–water partition coefficient (Wildman–Crippen LogP) is 5.25. The van der Waals surface area contributed by atoms with E-state index in [1.807, 2.05) is 6.92 Å². The zero-order chi connectivity index (χ0) is 21.1. The molecule has 0 aliphatic carbocycles. The van der Waals surface area contributed by atoms with Crippen LogP contribution in [0, 0.1) is 27.7 Å². The zero-order valence-electron chi connectivity index (χ0n) is 17.2. The monoisotopic (exact) mass is 453 g/mol. The molecule has 1 aromatic heterocycles. The lowest BCUT2D eigenvalue weighted by molar-refractivity contribution is 0.0955. The highest BCUT2D eigenvalue weighted by Crippen LogP contribution is 2.30. The van der Waals surface area contributed by atoms with Crippen LogP contribution in [0.15, 0.2) is 52.0 Å². The van der Waals surface area contributed by atoms with Gasteiger partial charge in [0.1, 0.15) is 5.75 Å². The van der Waals surface area contributed by atoms with Crippen molar-refractivity contribution in [1.29, 1.82) is 0 Å². The van der Waals surface area contributed by atoms with Crippen LogP contribution in [0.25, 0.3) is 5.69 Å². The summed E-state index contributed by atoms with van der Waals surface area (Å²) in [6.07, 6.45) is 1.67. The summed E-state index contributed by atoms with van der Waals surface area (Å²) in [6, 6.07) is 13.3. The maximum Gasteiger partial charge on any atom is 0.271 e. The fourth-order valence-corrected chi connectivity index (χ4v) is 3.92. The minimum atomic E-state index is -0.275. The topological polar surface area (TPSA) is 55.6 Å². The van der Waals surface area contributed by atoms with Gasteiger partial charge in [-0.15, -0.1) is 0 Å². The van der Waals surface area contributed by atoms with Crippen LogP contribution in [-0.2, 0) is 0 Å². The molecule has 1 heterocycles. The SMILES string of the molecule is COc1ccc(C(=O)N/N=C\c2c(Br)c(C)n(-c3ccc(C)cc3C)c2C)cc1. The number of nitrogens with one attached hydrogen (secondary N) is 1. The van der Waals surface area contributed by atoms with E-state index in [4.69, 9.17) is 4.74 Å². The van der Waals surface area contributed by atoms with Crippen LogP contribution < -0.4 is 10.2 Å². The third-order valence-corrected chi connectivity index (χ3v) is 5.92. The Balaban J connectivity index is 1.85. The summed E-state index contributed by atoms with van der Waals surface area (Å²) < 4.78 is 8.27. The smallest absolute Gasteiger partial charge is 0.271 e. The Morgan fingerprint density at radius 3 is 2.38 bits per heavy atom. The molecule has 0 radical (unpaired) electrons. The quantitative estimate of drug-likeness (QED) is 0.423. The van der Waals surface area contributed by atoms with Crippen molar-refractivity contribution in [2.45, 2.75) is 27.7 Å². The molecule has 5 nitrogen and oxygen atoms in total. The molecular weight excluding hydrogens is 430 g/mol. The molecule has 2 aromatic carbocycles. The van der Waals surface area contributed by atoms with Crippen molar-refractivity contribution in [2.75, 3.05) is 7.11 Å². The average Bonchev–Trinajstić information content (AvgIpc) is 2.91. The van der Waals surface area contributed by atoms with Crippen molar-refractivity contribution in [3.05, 3.63) is 80.6 Å². The summed E-state index contributed by atoms with van der Waals surface area (Å²) in [7, 11) is 1.59. The van der Waals surface area contributed by atoms with Crippen LogP contribution in [0.4, 0.5) is 0 Å². The molecule has 0 fully saturated rings. The fourth-order valence-electron chi connectivity index (χ4n) is 3.35. The number of benzene rings is 2. The summed E-state index contributed by atoms with van der Waals surface area (Å²) in [5, 5.41) is 4.17. The maximum atomic E-state index is 12.3. The molecule has 0 spiro atoms. The number of rotatable bonds is 5. The Hall–Kier alpha value is -2.86. The first-order valence-corrected chi connectivity index (χ1v) is 10.0. The van der Waals surface area contributed by atoms with E-state index in [0.717, 1.165) is 27.1 Å². The minimum absolute atomic E-state index is 0.275. The van der Waals surface area contributed by atoms with Gasteiger partial charge in [0.05, 0.1) is 13.3 Å². The van der Waals surface area contributed by atoms with Crippen LogP contribution in [0.2, 0.25) is 0 Å². The molecule has 0 unspecified atom stereocenters. The lowest BCUT2D eigenvalue weighted by Crippen LogP contribution is -2.17. The van der Waals surface area contributed by atoms with E-state index in [1.165, 1.54) is 11.1 Å². The summed E-state index contributed by atoms with van der Waals surface area (Å²) >= 11 is 3.68. The number of carbonyl (C=O) groups is 1. The number of hydrogen-bond acceptors (Lipinski definition) is 3. The third-order valence-electron chi connectivity index (χ3n) is 4.92. The van der Waals surface area contributed by atoms with Crippen molar-refractivity contribution < 1.29 is 9.53 Å². The van der Waals surface area contributed by atoms with E-state index in [0.29, 0.717) is 11.3 Å². The van der Waals surface area contributed by atoms with Crippen LogP contribution >= 0.6 is 15.9 Å². The van der Waals surface area contributed by atoms with E-state index < -0.39 is 0 Å². The van der Waals surface area contributed by atoms with Gasteiger partial charge >= 0.3 is 0 Å². The highest BCUT2D eigenvalue weighted by molar-refractivity contribution is 9.10. The van der Waals surface area contributed by atoms with E-state index in [-0.39, 0.29) is 5.91 Å². The first-order chi connectivity index (χ1) is 13.8. The van der Waals surface area contributed by atoms with Crippen molar-refractivity contribution in [3.8, 4) is 11.4 Å². The second kappa shape index (κ2) is 8.66. The van der Waals surface area contributed by atoms with Gasteiger partial charge in [-0.25, -0.2) is 5.43 Å². The number of nitrogens with zero attached hydrogens (tertiary/aromatic N) is 2. The lowest BCUT2D eigenvalue weighted by Gasteiger charge is -2.13. The van der Waals surface area contributed by atoms with E-state index in [9.17, 15) is 4.79 Å². The van der Waals surface area contributed by atoms with Crippen molar-refractivity contribution in [2.24, 2.45) is 5.10 Å². The summed E-state index contributed by atoms with van der Waals surface area (Å²) in [5.41, 5.74) is 9.73. The Morgan fingerprint density at radius 2 is 1.76 bits per heavy atom. The number of methoxy groups -OCH3 is 1. The molecule has 1 N–H and O–H groups in total. The van der Waals surface area contributed by atoms with E-state index >= 15 is 0 Å². The van der Waals surface area contributed by atoms with Gasteiger partial charge < -0.3 is 9.30 Å². The van der Waals surface area contributed by atoms with Gasteiger partial charge in [-0.2, -0.15) is 5.10 Å². The molecule has 150 valence electrons. The number of aryl methyl sites for hydroxylation is 2. The van der Waals surface area contributed by atoms with Gasteiger partial charge in [0, 0.05) is 32.7 Å². The molecule has 29 heavy (non-hydrogen) atoms. The molecule has 3 aromatic rings. The molecule has 3 rings (SSSR count). The Bertz CT molecular complexity index is 1080. The molecule has 0 saturated carbocycles. The van der Waals surface area contributed by atoms with E-state index in [2.05, 4.69) is 70.0 Å². The van der Waals surface area contributed by atoms with Gasteiger partial charge in [0.15, 0.2) is 0 Å². The van der Waals surface area contributed by atoms with Gasteiger partial charge in [-0.3, -0.25) is 4.79 Å². The second-order valence-corrected chi connectivity index (χ2v) is 7.74. The number of hydrogen-bond donors (Lipinski definition) is 1. The van der Waals surface area contributed by atoms with Crippen LogP contribution in [0.5, 0.6) is 5.75 Å². The van der Waals surface area contributed by atoms with Crippen molar-refractivity contribution >= 4 is 28.1 Å². The number of aromatic nitrogens is 1. The molecule has 0 bridgehead atoms. The van der Waals surface area contributed by atoms with Gasteiger partial charge in [0.2, 0.25) is 0 Å². The maximum absolute atomic E-state index is 12.3. The molecule has 1 amide bonds. The fraction of sp³-hybridized carbons (Fsp3) is 0.217. The first kappa shape index (κ1) is 20.9. The molecule has 0 saturated heterocycles. The van der Waals surface area contributed by atoms with Crippen molar-refractivity contribution in [1.82, 2.24) is 9.99 Å². The Morgan fingerprint density at radius 1 is 1.07 bits per heavy atom. The highest BCUT2D eigenvalue weighted by Gasteiger charge is 2.17. The minimum Gasteiger partial charge on any atom is -0.497 e. The van der Waals surface area contributed by atoms with Crippen LogP contribution in [-0.4, -0.2) is 23.8 Å². The van der Waals surface area contributed by atoms with Crippen LogP contribution in [0.3, 0.4) is 0 Å². The van der Waals surface area contributed by atoms with Gasteiger partial charge in [-0.1, -0.05) is 17.7 Å². The molecule has 0 aliphatic rings. The Labute approximate surface area is 179 Å². The van der Waals surface area contributed by atoms with Gasteiger partial charge in [-0.05, 0) is 79.5 Å². The summed E-state index contributed by atoms with van der Waals surface area (Å²) in [6.45, 7) is 8.30. The van der Waals surface area contributed by atoms with Gasteiger partial charge in [0.25, 0.3) is 5.91 Å². The Kier molecular flexibility index (Phi) is 6.23. The second-order valence-electron chi connectivity index (χ2n) is 6.95. The molecule has 0 aliphatic heterocycles. The summed E-state index contributed by atoms with van der Waals surface area (Å²) in [4.78, 5) is 12.3. The number of carbonyl (C=O) groups excluding carboxylic acids is 1. The number of amides is 1. The number of hydrazone groups is 1.